The molecular formula is C11H16ClN7. The van der Waals surface area contributed by atoms with Crippen LogP contribution in [-0.2, 0) is 13.5 Å². The minimum Gasteiger partial charge on any atom is -0.354 e. The van der Waals surface area contributed by atoms with Crippen molar-refractivity contribution in [2.75, 3.05) is 23.7 Å². The van der Waals surface area contributed by atoms with E-state index in [0.717, 1.165) is 18.8 Å². The maximum absolute atomic E-state index is 5.83. The van der Waals surface area contributed by atoms with Crippen LogP contribution in [0.15, 0.2) is 12.4 Å². The fourth-order valence-corrected chi connectivity index (χ4v) is 1.75. The van der Waals surface area contributed by atoms with Gasteiger partial charge in [-0.05, 0) is 18.5 Å². The zero-order valence-corrected chi connectivity index (χ0v) is 11.6. The highest BCUT2D eigenvalue weighted by atomic mass is 35.5. The summed E-state index contributed by atoms with van der Waals surface area (Å²) in [4.78, 5) is 16.4. The fourth-order valence-electron chi connectivity index (χ4n) is 1.59. The molecule has 0 saturated heterocycles. The summed E-state index contributed by atoms with van der Waals surface area (Å²) in [6.45, 7) is 3.37. The van der Waals surface area contributed by atoms with Crippen molar-refractivity contribution >= 4 is 23.5 Å². The average molecular weight is 282 g/mol. The Balaban J connectivity index is 1.94. The van der Waals surface area contributed by atoms with Gasteiger partial charge >= 0.3 is 0 Å². The monoisotopic (exact) mass is 281 g/mol. The third kappa shape index (κ3) is 3.78. The molecule has 0 atom stereocenters. The number of nitrogens with one attached hydrogen (secondary N) is 2. The predicted octanol–water partition coefficient (Wildman–Crippen LogP) is 1.34. The van der Waals surface area contributed by atoms with Crippen molar-refractivity contribution in [1.82, 2.24) is 24.5 Å². The molecule has 0 aliphatic rings. The van der Waals surface area contributed by atoms with Crippen LogP contribution in [0.4, 0.5) is 11.9 Å². The van der Waals surface area contributed by atoms with Gasteiger partial charge in [0.1, 0.15) is 5.82 Å². The van der Waals surface area contributed by atoms with E-state index in [4.69, 9.17) is 11.6 Å². The van der Waals surface area contributed by atoms with Gasteiger partial charge in [0.2, 0.25) is 17.2 Å². The fraction of sp³-hybridized carbons (Fsp3) is 0.455. The summed E-state index contributed by atoms with van der Waals surface area (Å²) in [5.41, 5.74) is 0. The minimum atomic E-state index is 0.172. The number of aromatic nitrogens is 5. The molecule has 0 saturated carbocycles. The molecule has 2 rings (SSSR count). The second-order valence-electron chi connectivity index (χ2n) is 3.91. The molecule has 7 nitrogen and oxygen atoms in total. The van der Waals surface area contributed by atoms with Crippen LogP contribution in [0.2, 0.25) is 5.28 Å². The Bertz CT molecular complexity index is 540. The van der Waals surface area contributed by atoms with Crippen molar-refractivity contribution in [2.24, 2.45) is 7.05 Å². The highest BCUT2D eigenvalue weighted by molar-refractivity contribution is 6.28. The number of anilines is 2. The van der Waals surface area contributed by atoms with Crippen molar-refractivity contribution in [3.05, 3.63) is 23.5 Å². The van der Waals surface area contributed by atoms with Crippen LogP contribution >= 0.6 is 11.6 Å². The lowest BCUT2D eigenvalue weighted by atomic mass is 10.4. The second-order valence-corrected chi connectivity index (χ2v) is 4.25. The maximum atomic E-state index is 5.83. The lowest BCUT2D eigenvalue weighted by Gasteiger charge is -2.07. The number of hydrogen-bond donors (Lipinski definition) is 2. The molecule has 0 aliphatic carbocycles. The van der Waals surface area contributed by atoms with Gasteiger partial charge in [0.05, 0.1) is 0 Å². The lowest BCUT2D eigenvalue weighted by Crippen LogP contribution is -2.12. The van der Waals surface area contributed by atoms with Crippen LogP contribution in [0.3, 0.4) is 0 Å². The van der Waals surface area contributed by atoms with E-state index in [1.54, 1.807) is 6.20 Å². The third-order valence-corrected chi connectivity index (χ3v) is 2.66. The Morgan fingerprint density at radius 2 is 1.95 bits per heavy atom. The number of nitrogens with zero attached hydrogens (tertiary/aromatic N) is 5. The summed E-state index contributed by atoms with van der Waals surface area (Å²) in [6.07, 6.45) is 4.47. The molecule has 2 N–H and O–H groups in total. The Hall–Kier alpha value is -1.89. The van der Waals surface area contributed by atoms with Crippen LogP contribution in [0, 0.1) is 0 Å². The molecule has 0 amide bonds. The Morgan fingerprint density at radius 1 is 1.21 bits per heavy atom. The molecule has 102 valence electrons. The van der Waals surface area contributed by atoms with Gasteiger partial charge in [0.25, 0.3) is 0 Å². The highest BCUT2D eigenvalue weighted by Gasteiger charge is 2.04. The lowest BCUT2D eigenvalue weighted by molar-refractivity contribution is 0.786. The second kappa shape index (κ2) is 6.33. The standard InChI is InChI=1S/C11H16ClN7/c1-3-13-10-16-9(12)17-11(18-10)15-5-4-8-14-6-7-19(8)2/h6-7H,3-5H2,1-2H3,(H2,13,15,16,17,18). The van der Waals surface area contributed by atoms with E-state index in [1.807, 2.05) is 24.7 Å². The summed E-state index contributed by atoms with van der Waals surface area (Å²) < 4.78 is 1.98. The first kappa shape index (κ1) is 13.5. The first-order chi connectivity index (χ1) is 9.19. The molecule has 2 aromatic heterocycles. The summed E-state index contributed by atoms with van der Waals surface area (Å²) in [5.74, 6) is 1.94. The topological polar surface area (TPSA) is 80.5 Å². The molecule has 0 unspecified atom stereocenters. The van der Waals surface area contributed by atoms with Gasteiger partial charge in [-0.25, -0.2) is 4.98 Å². The average Bonchev–Trinajstić information content (AvgIpc) is 2.75. The Labute approximate surface area is 116 Å². The van der Waals surface area contributed by atoms with Gasteiger partial charge in [-0.3, -0.25) is 0 Å². The molecule has 2 aromatic rings. The predicted molar refractivity (Wildman–Crippen MR) is 74.4 cm³/mol. The largest absolute Gasteiger partial charge is 0.354 e. The van der Waals surface area contributed by atoms with E-state index in [2.05, 4.69) is 30.6 Å². The van der Waals surface area contributed by atoms with Gasteiger partial charge in [-0.15, -0.1) is 0 Å². The first-order valence-corrected chi connectivity index (χ1v) is 6.42. The zero-order valence-electron chi connectivity index (χ0n) is 10.9. The Kier molecular flexibility index (Phi) is 4.51. The van der Waals surface area contributed by atoms with E-state index in [0.29, 0.717) is 18.4 Å². The first-order valence-electron chi connectivity index (χ1n) is 6.04. The van der Waals surface area contributed by atoms with Gasteiger partial charge in [-0.1, -0.05) is 0 Å². The van der Waals surface area contributed by atoms with E-state index >= 15 is 0 Å². The number of aryl methyl sites for hydroxylation is 1. The maximum Gasteiger partial charge on any atom is 0.228 e. The van der Waals surface area contributed by atoms with Crippen LogP contribution < -0.4 is 10.6 Å². The van der Waals surface area contributed by atoms with E-state index in [1.165, 1.54) is 0 Å². The smallest absolute Gasteiger partial charge is 0.228 e. The van der Waals surface area contributed by atoms with E-state index in [9.17, 15) is 0 Å². The quantitative estimate of drug-likeness (QED) is 0.832. The SMILES string of the molecule is CCNc1nc(Cl)nc(NCCc2nccn2C)n1. The van der Waals surface area contributed by atoms with Crippen LogP contribution in [0.5, 0.6) is 0 Å². The minimum absolute atomic E-state index is 0.172. The normalized spacial score (nSPS) is 10.5. The molecule has 0 aromatic carbocycles. The van der Waals surface area contributed by atoms with Crippen molar-refractivity contribution in [2.45, 2.75) is 13.3 Å². The molecule has 0 bridgehead atoms. The molecule has 0 fully saturated rings. The highest BCUT2D eigenvalue weighted by Crippen LogP contribution is 2.09. The number of imidazole rings is 1. The van der Waals surface area contributed by atoms with Gasteiger partial charge < -0.3 is 15.2 Å². The van der Waals surface area contributed by atoms with E-state index in [-0.39, 0.29) is 5.28 Å². The molecule has 0 aliphatic heterocycles. The summed E-state index contributed by atoms with van der Waals surface area (Å²) in [6, 6.07) is 0. The number of rotatable bonds is 6. The summed E-state index contributed by atoms with van der Waals surface area (Å²) in [7, 11) is 1.96. The number of hydrogen-bond acceptors (Lipinski definition) is 6. The van der Waals surface area contributed by atoms with Crippen LogP contribution in [-0.4, -0.2) is 37.6 Å². The van der Waals surface area contributed by atoms with Gasteiger partial charge in [0.15, 0.2) is 0 Å². The summed E-state index contributed by atoms with van der Waals surface area (Å²) in [5, 5.41) is 6.28. The molecule has 0 radical (unpaired) electrons. The molecule has 8 heteroatoms. The van der Waals surface area contributed by atoms with E-state index < -0.39 is 0 Å². The molecule has 0 spiro atoms. The van der Waals surface area contributed by atoms with Crippen molar-refractivity contribution in [3.63, 3.8) is 0 Å². The van der Waals surface area contributed by atoms with Gasteiger partial charge in [-0.2, -0.15) is 15.0 Å². The summed E-state index contributed by atoms with van der Waals surface area (Å²) >= 11 is 5.83. The van der Waals surface area contributed by atoms with Crippen LogP contribution in [0.1, 0.15) is 12.7 Å². The third-order valence-electron chi connectivity index (χ3n) is 2.50. The van der Waals surface area contributed by atoms with Crippen molar-refractivity contribution in [1.29, 1.82) is 0 Å². The molecule has 19 heavy (non-hydrogen) atoms. The molecule has 2 heterocycles. The van der Waals surface area contributed by atoms with Crippen molar-refractivity contribution in [3.8, 4) is 0 Å². The Morgan fingerprint density at radius 3 is 2.58 bits per heavy atom. The number of halogens is 1. The van der Waals surface area contributed by atoms with Gasteiger partial charge in [0, 0.05) is 39.0 Å². The molecular weight excluding hydrogens is 266 g/mol. The van der Waals surface area contributed by atoms with Crippen LogP contribution in [0.25, 0.3) is 0 Å². The van der Waals surface area contributed by atoms with Crippen molar-refractivity contribution < 1.29 is 0 Å². The zero-order chi connectivity index (χ0) is 13.7.